The lowest BCUT2D eigenvalue weighted by Crippen LogP contribution is -1.95. The van der Waals surface area contributed by atoms with Gasteiger partial charge >= 0.3 is 0 Å². The Morgan fingerprint density at radius 2 is 1.77 bits per heavy atom. The van der Waals surface area contributed by atoms with Crippen molar-refractivity contribution in [2.45, 2.75) is 9.79 Å². The van der Waals surface area contributed by atoms with Crippen LogP contribution in [0.25, 0.3) is 0 Å². The van der Waals surface area contributed by atoms with Gasteiger partial charge in [-0.05, 0) is 36.4 Å². The third kappa shape index (κ3) is 5.38. The summed E-state index contributed by atoms with van der Waals surface area (Å²) in [6, 6.07) is 15.2. The highest BCUT2D eigenvalue weighted by atomic mass is 32.2. The van der Waals surface area contributed by atoms with Crippen molar-refractivity contribution in [3.63, 3.8) is 0 Å². The average molecular weight is 333 g/mol. The number of nitrogens with zero attached hydrogens (tertiary/aromatic N) is 1. The molecular weight excluding hydrogens is 321 g/mol. The molecule has 0 aliphatic rings. The summed E-state index contributed by atoms with van der Waals surface area (Å²) in [5.41, 5.74) is 0. The SMILES string of the molecule is C=C(Sc1ccccc1)C(=O)N=COSc1ccc(F)cc1. The molecule has 0 spiro atoms. The topological polar surface area (TPSA) is 38.7 Å². The van der Waals surface area contributed by atoms with E-state index >= 15 is 0 Å². The molecule has 0 fully saturated rings. The number of carbonyl (C=O) groups is 1. The molecule has 0 bridgehead atoms. The highest BCUT2D eigenvalue weighted by molar-refractivity contribution is 8.04. The van der Waals surface area contributed by atoms with Crippen molar-refractivity contribution in [3.05, 3.63) is 71.9 Å². The number of amides is 1. The van der Waals surface area contributed by atoms with E-state index in [-0.39, 0.29) is 5.82 Å². The lowest BCUT2D eigenvalue weighted by molar-refractivity contribution is -0.113. The van der Waals surface area contributed by atoms with Gasteiger partial charge in [0, 0.05) is 9.79 Å². The Labute approximate surface area is 136 Å². The molecule has 2 rings (SSSR count). The van der Waals surface area contributed by atoms with Crippen LogP contribution in [0.2, 0.25) is 0 Å². The van der Waals surface area contributed by atoms with Gasteiger partial charge in [0.15, 0.2) is 6.40 Å². The van der Waals surface area contributed by atoms with Crippen molar-refractivity contribution >= 4 is 36.1 Å². The molecule has 0 atom stereocenters. The van der Waals surface area contributed by atoms with E-state index in [2.05, 4.69) is 11.6 Å². The number of rotatable bonds is 6. The molecule has 0 saturated heterocycles. The number of carbonyl (C=O) groups excluding carboxylic acids is 1. The first kappa shape index (κ1) is 16.3. The maximum atomic E-state index is 12.7. The second kappa shape index (κ2) is 8.41. The molecule has 0 aliphatic heterocycles. The van der Waals surface area contributed by atoms with Gasteiger partial charge in [-0.3, -0.25) is 4.79 Å². The summed E-state index contributed by atoms with van der Waals surface area (Å²) in [5.74, 6) is -0.781. The van der Waals surface area contributed by atoms with Crippen molar-refractivity contribution in [2.24, 2.45) is 4.99 Å². The molecule has 6 heteroatoms. The van der Waals surface area contributed by atoms with Crippen molar-refractivity contribution in [3.8, 4) is 0 Å². The highest BCUT2D eigenvalue weighted by Crippen LogP contribution is 2.25. The fraction of sp³-hybridized carbons (Fsp3) is 0. The largest absolute Gasteiger partial charge is 0.408 e. The summed E-state index contributed by atoms with van der Waals surface area (Å²) in [6.07, 6.45) is 1.05. The van der Waals surface area contributed by atoms with Crippen LogP contribution < -0.4 is 0 Å². The van der Waals surface area contributed by atoms with E-state index < -0.39 is 5.91 Å². The number of halogens is 1. The van der Waals surface area contributed by atoms with E-state index in [4.69, 9.17) is 4.18 Å². The van der Waals surface area contributed by atoms with Crippen LogP contribution in [0.15, 0.2) is 80.9 Å². The molecule has 2 aromatic carbocycles. The molecule has 2 aromatic rings. The lowest BCUT2D eigenvalue weighted by atomic mass is 10.4. The van der Waals surface area contributed by atoms with Crippen LogP contribution in [0.4, 0.5) is 4.39 Å². The minimum Gasteiger partial charge on any atom is -0.408 e. The van der Waals surface area contributed by atoms with Crippen molar-refractivity contribution < 1.29 is 13.4 Å². The van der Waals surface area contributed by atoms with E-state index in [1.807, 2.05) is 30.3 Å². The van der Waals surface area contributed by atoms with Crippen LogP contribution in [0.1, 0.15) is 0 Å². The molecule has 0 N–H and O–H groups in total. The summed E-state index contributed by atoms with van der Waals surface area (Å²) < 4.78 is 17.8. The molecule has 3 nitrogen and oxygen atoms in total. The molecule has 112 valence electrons. The van der Waals surface area contributed by atoms with E-state index in [0.29, 0.717) is 9.80 Å². The minimum absolute atomic E-state index is 0.304. The Morgan fingerprint density at radius 1 is 1.09 bits per heavy atom. The zero-order valence-corrected chi connectivity index (χ0v) is 13.1. The van der Waals surface area contributed by atoms with Crippen LogP contribution in [-0.2, 0) is 8.98 Å². The number of aliphatic imine (C=N–C) groups is 1. The van der Waals surface area contributed by atoms with E-state index in [1.165, 1.54) is 23.9 Å². The molecular formula is C16H12FNO2S2. The third-order valence-electron chi connectivity index (χ3n) is 2.39. The van der Waals surface area contributed by atoms with Gasteiger partial charge in [-0.15, -0.1) is 0 Å². The molecule has 0 radical (unpaired) electrons. The van der Waals surface area contributed by atoms with E-state index in [9.17, 15) is 9.18 Å². The van der Waals surface area contributed by atoms with Crippen molar-refractivity contribution in [1.29, 1.82) is 0 Å². The van der Waals surface area contributed by atoms with Crippen molar-refractivity contribution in [1.82, 2.24) is 0 Å². The summed E-state index contributed by atoms with van der Waals surface area (Å²) >= 11 is 2.23. The van der Waals surface area contributed by atoms with Gasteiger partial charge in [0.25, 0.3) is 5.91 Å². The monoisotopic (exact) mass is 333 g/mol. The zero-order chi connectivity index (χ0) is 15.8. The Kier molecular flexibility index (Phi) is 6.24. The predicted molar refractivity (Wildman–Crippen MR) is 88.3 cm³/mol. The quantitative estimate of drug-likeness (QED) is 0.252. The summed E-state index contributed by atoms with van der Waals surface area (Å²) in [6.45, 7) is 3.69. The Bertz CT molecular complexity index is 672. The molecule has 0 saturated carbocycles. The van der Waals surface area contributed by atoms with Gasteiger partial charge in [0.1, 0.15) is 5.82 Å². The molecule has 0 heterocycles. The van der Waals surface area contributed by atoms with Gasteiger partial charge < -0.3 is 4.18 Å². The molecule has 0 aliphatic carbocycles. The predicted octanol–water partition coefficient (Wildman–Crippen LogP) is 4.71. The van der Waals surface area contributed by atoms with Gasteiger partial charge in [0.05, 0.1) is 16.9 Å². The lowest BCUT2D eigenvalue weighted by Gasteiger charge is -2.01. The second-order valence-electron chi connectivity index (χ2n) is 4.01. The van der Waals surface area contributed by atoms with Crippen LogP contribution in [0.5, 0.6) is 0 Å². The van der Waals surface area contributed by atoms with Crippen LogP contribution in [0.3, 0.4) is 0 Å². The first-order valence-electron chi connectivity index (χ1n) is 6.23. The van der Waals surface area contributed by atoms with Crippen LogP contribution >= 0.6 is 23.8 Å². The standard InChI is InChI=1S/C16H12FNO2S2/c1-12(21-14-5-3-2-4-6-14)16(19)18-11-20-22-15-9-7-13(17)8-10-15/h2-11H,1H2. The average Bonchev–Trinajstić information content (AvgIpc) is 2.54. The van der Waals surface area contributed by atoms with Gasteiger partial charge in [-0.2, -0.15) is 4.99 Å². The summed E-state index contributed by atoms with van der Waals surface area (Å²) in [4.78, 5) is 17.3. The maximum absolute atomic E-state index is 12.7. The van der Waals surface area contributed by atoms with Crippen LogP contribution in [0, 0.1) is 5.82 Å². The summed E-state index contributed by atoms with van der Waals surface area (Å²) in [7, 11) is 0. The molecule has 0 aromatic heterocycles. The molecule has 1 amide bonds. The number of thioether (sulfide) groups is 1. The minimum atomic E-state index is -0.464. The zero-order valence-electron chi connectivity index (χ0n) is 11.4. The Hall–Kier alpha value is -2.05. The van der Waals surface area contributed by atoms with E-state index in [0.717, 1.165) is 23.3 Å². The Balaban J connectivity index is 1.78. The summed E-state index contributed by atoms with van der Waals surface area (Å²) in [5, 5.41) is 0. The fourth-order valence-corrected chi connectivity index (χ4v) is 2.55. The van der Waals surface area contributed by atoms with Gasteiger partial charge in [-0.1, -0.05) is 36.5 Å². The van der Waals surface area contributed by atoms with Gasteiger partial charge in [-0.25, -0.2) is 4.39 Å². The third-order valence-corrected chi connectivity index (χ3v) is 3.97. The van der Waals surface area contributed by atoms with Crippen molar-refractivity contribution in [2.75, 3.05) is 0 Å². The number of benzene rings is 2. The van der Waals surface area contributed by atoms with Crippen LogP contribution in [-0.4, -0.2) is 12.3 Å². The molecule has 0 unspecified atom stereocenters. The first-order chi connectivity index (χ1) is 10.6. The normalized spacial score (nSPS) is 10.6. The maximum Gasteiger partial charge on any atom is 0.285 e. The highest BCUT2D eigenvalue weighted by Gasteiger charge is 2.06. The number of hydrogen-bond donors (Lipinski definition) is 0. The molecule has 22 heavy (non-hydrogen) atoms. The number of hydrogen-bond acceptors (Lipinski definition) is 4. The fourth-order valence-electron chi connectivity index (χ4n) is 1.38. The second-order valence-corrected chi connectivity index (χ2v) is 6.01. The van der Waals surface area contributed by atoms with E-state index in [1.54, 1.807) is 12.1 Å². The first-order valence-corrected chi connectivity index (χ1v) is 7.78. The van der Waals surface area contributed by atoms with Gasteiger partial charge in [0.2, 0.25) is 0 Å². The Morgan fingerprint density at radius 3 is 2.45 bits per heavy atom. The smallest absolute Gasteiger partial charge is 0.285 e.